The quantitative estimate of drug-likeness (QED) is 0.799. The molecule has 0 spiro atoms. The number of morpholine rings is 1. The van der Waals surface area contributed by atoms with Crippen LogP contribution in [0.4, 0.5) is 17.7 Å². The van der Waals surface area contributed by atoms with Crippen LogP contribution in [0.3, 0.4) is 0 Å². The van der Waals surface area contributed by atoms with Crippen molar-refractivity contribution in [2.75, 3.05) is 54.9 Å². The van der Waals surface area contributed by atoms with Crippen LogP contribution in [0.2, 0.25) is 0 Å². The van der Waals surface area contributed by atoms with Gasteiger partial charge in [-0.3, -0.25) is 4.90 Å². The molecule has 30 heavy (non-hydrogen) atoms. The fourth-order valence-corrected chi connectivity index (χ4v) is 5.05. The lowest BCUT2D eigenvalue weighted by Crippen LogP contribution is -2.52. The molecule has 9 nitrogen and oxygen atoms in total. The predicted octanol–water partition coefficient (Wildman–Crippen LogP) is 1.17. The Morgan fingerprint density at radius 3 is 2.43 bits per heavy atom. The van der Waals surface area contributed by atoms with Gasteiger partial charge in [0.1, 0.15) is 5.82 Å². The number of nitrogens with zero attached hydrogens (tertiary/aromatic N) is 7. The number of nitrogens with two attached hydrogens (primary N) is 1. The van der Waals surface area contributed by atoms with Gasteiger partial charge in [0.2, 0.25) is 11.9 Å². The van der Waals surface area contributed by atoms with Crippen molar-refractivity contribution in [3.63, 3.8) is 0 Å². The van der Waals surface area contributed by atoms with Crippen LogP contribution in [0.25, 0.3) is 11.3 Å². The van der Waals surface area contributed by atoms with Crippen molar-refractivity contribution in [1.29, 1.82) is 0 Å². The van der Waals surface area contributed by atoms with Gasteiger partial charge in [-0.05, 0) is 19.3 Å². The van der Waals surface area contributed by atoms with Gasteiger partial charge in [0, 0.05) is 62.8 Å². The molecule has 0 radical (unpaired) electrons. The third-order valence-corrected chi connectivity index (χ3v) is 7.05. The zero-order chi connectivity index (χ0) is 20.1. The number of ether oxygens (including phenoxy) is 1. The lowest BCUT2D eigenvalue weighted by Gasteiger charge is -2.43. The normalized spacial score (nSPS) is 26.9. The lowest BCUT2D eigenvalue weighted by atomic mass is 9.91. The Bertz CT molecular complexity index is 910. The highest BCUT2D eigenvalue weighted by molar-refractivity contribution is 5.64. The molecule has 2 aromatic rings. The van der Waals surface area contributed by atoms with Gasteiger partial charge >= 0.3 is 0 Å². The molecule has 2 unspecified atom stereocenters. The molecule has 2 bridgehead atoms. The number of aromatic nitrogens is 4. The van der Waals surface area contributed by atoms with Crippen molar-refractivity contribution in [2.24, 2.45) is 0 Å². The molecule has 1 aliphatic carbocycles. The minimum Gasteiger partial charge on any atom is -0.374 e. The van der Waals surface area contributed by atoms with Crippen LogP contribution in [0, 0.1) is 0 Å². The van der Waals surface area contributed by atoms with E-state index in [1.165, 1.54) is 19.3 Å². The van der Waals surface area contributed by atoms with Crippen molar-refractivity contribution in [1.82, 2.24) is 24.8 Å². The van der Waals surface area contributed by atoms with Crippen LogP contribution in [0.15, 0.2) is 18.5 Å². The van der Waals surface area contributed by atoms with E-state index in [-0.39, 0.29) is 5.95 Å². The molecule has 9 heteroatoms. The topological polar surface area (TPSA) is 96.5 Å². The molecule has 6 rings (SSSR count). The molecule has 5 heterocycles. The highest BCUT2D eigenvalue weighted by Gasteiger charge is 2.40. The maximum absolute atomic E-state index is 5.79. The number of nitrogen functional groups attached to an aromatic ring is 1. The Kier molecular flexibility index (Phi) is 4.45. The number of hydrogen-bond acceptors (Lipinski definition) is 9. The van der Waals surface area contributed by atoms with Crippen molar-refractivity contribution < 1.29 is 4.74 Å². The van der Waals surface area contributed by atoms with Gasteiger partial charge in [-0.25, -0.2) is 15.0 Å². The fourth-order valence-electron chi connectivity index (χ4n) is 5.05. The third-order valence-electron chi connectivity index (χ3n) is 7.05. The number of fused-ring (bicyclic) bond motifs is 2. The molecule has 2 atom stereocenters. The van der Waals surface area contributed by atoms with E-state index in [4.69, 9.17) is 20.4 Å². The minimum absolute atomic E-state index is 0.273. The molecule has 4 aliphatic rings. The van der Waals surface area contributed by atoms with Crippen LogP contribution in [0.1, 0.15) is 25.7 Å². The first kappa shape index (κ1) is 18.3. The van der Waals surface area contributed by atoms with Gasteiger partial charge in [-0.2, -0.15) is 4.98 Å². The van der Waals surface area contributed by atoms with Crippen molar-refractivity contribution in [3.8, 4) is 11.3 Å². The smallest absolute Gasteiger partial charge is 0.227 e. The molecule has 0 amide bonds. The fraction of sp³-hybridized carbons (Fsp3) is 0.619. The summed E-state index contributed by atoms with van der Waals surface area (Å²) in [6.07, 6.45) is 8.98. The van der Waals surface area contributed by atoms with Crippen LogP contribution < -0.4 is 15.5 Å². The average molecular weight is 409 g/mol. The average Bonchev–Trinajstić information content (AvgIpc) is 3.37. The Balaban J connectivity index is 1.30. The highest BCUT2D eigenvalue weighted by atomic mass is 16.5. The van der Waals surface area contributed by atoms with Gasteiger partial charge in [0.15, 0.2) is 0 Å². The van der Waals surface area contributed by atoms with Gasteiger partial charge in [0.05, 0.1) is 24.4 Å². The largest absolute Gasteiger partial charge is 0.374 e. The molecule has 2 N–H and O–H groups in total. The Labute approximate surface area is 176 Å². The Morgan fingerprint density at radius 2 is 1.80 bits per heavy atom. The number of hydrogen-bond donors (Lipinski definition) is 1. The van der Waals surface area contributed by atoms with Gasteiger partial charge < -0.3 is 20.3 Å². The lowest BCUT2D eigenvalue weighted by molar-refractivity contribution is 0.0989. The maximum Gasteiger partial charge on any atom is 0.227 e. The Hall–Kier alpha value is -2.52. The van der Waals surface area contributed by atoms with Crippen LogP contribution in [0.5, 0.6) is 0 Å². The second-order valence-corrected chi connectivity index (χ2v) is 8.85. The summed E-state index contributed by atoms with van der Waals surface area (Å²) < 4.78 is 5.79. The monoisotopic (exact) mass is 408 g/mol. The molecule has 4 fully saturated rings. The van der Waals surface area contributed by atoms with Gasteiger partial charge in [-0.15, -0.1) is 0 Å². The second-order valence-electron chi connectivity index (χ2n) is 8.85. The van der Waals surface area contributed by atoms with E-state index in [1.807, 2.05) is 0 Å². The standard InChI is InChI=1S/C21H28N8O/c22-20-23-10-14(11-24-20)18-9-19(29-12-17-8-16(29)13-30-17)26-21(25-18)28-6-4-27(5-7-28)15-2-1-3-15/h9-11,15-17H,1-8,12-13H2,(H2,22,23,24). The van der Waals surface area contributed by atoms with E-state index >= 15 is 0 Å². The number of anilines is 3. The number of piperazine rings is 1. The summed E-state index contributed by atoms with van der Waals surface area (Å²) in [6, 6.07) is 3.26. The summed E-state index contributed by atoms with van der Waals surface area (Å²) >= 11 is 0. The van der Waals surface area contributed by atoms with E-state index in [0.29, 0.717) is 12.1 Å². The van der Waals surface area contributed by atoms with E-state index in [9.17, 15) is 0 Å². The van der Waals surface area contributed by atoms with Crippen molar-refractivity contribution in [3.05, 3.63) is 18.5 Å². The van der Waals surface area contributed by atoms with Crippen LogP contribution in [-0.4, -0.2) is 82.4 Å². The predicted molar refractivity (Wildman–Crippen MR) is 114 cm³/mol. The second kappa shape index (κ2) is 7.31. The third kappa shape index (κ3) is 3.26. The van der Waals surface area contributed by atoms with Crippen LogP contribution >= 0.6 is 0 Å². The van der Waals surface area contributed by atoms with Gasteiger partial charge in [0.25, 0.3) is 0 Å². The summed E-state index contributed by atoms with van der Waals surface area (Å²) in [4.78, 5) is 25.6. The maximum atomic E-state index is 5.79. The summed E-state index contributed by atoms with van der Waals surface area (Å²) in [7, 11) is 0. The zero-order valence-corrected chi connectivity index (χ0v) is 17.2. The van der Waals surface area contributed by atoms with E-state index in [2.05, 4.69) is 30.7 Å². The zero-order valence-electron chi connectivity index (χ0n) is 17.2. The van der Waals surface area contributed by atoms with Crippen LogP contribution in [-0.2, 0) is 4.74 Å². The van der Waals surface area contributed by atoms with Crippen molar-refractivity contribution >= 4 is 17.7 Å². The number of rotatable bonds is 4. The van der Waals surface area contributed by atoms with Gasteiger partial charge in [-0.1, -0.05) is 6.42 Å². The SMILES string of the molecule is Nc1ncc(-c2cc(N3CC4CC3CO4)nc(N3CCN(C4CCC4)CC3)n2)cn1. The first-order chi connectivity index (χ1) is 14.7. The van der Waals surface area contributed by atoms with E-state index in [0.717, 1.165) is 74.8 Å². The van der Waals surface area contributed by atoms with E-state index < -0.39 is 0 Å². The van der Waals surface area contributed by atoms with E-state index in [1.54, 1.807) is 12.4 Å². The molecule has 1 saturated carbocycles. The molecule has 3 aliphatic heterocycles. The summed E-state index contributed by atoms with van der Waals surface area (Å²) in [5.74, 6) is 2.05. The summed E-state index contributed by atoms with van der Waals surface area (Å²) in [5, 5.41) is 0. The summed E-state index contributed by atoms with van der Waals surface area (Å²) in [6.45, 7) is 5.78. The first-order valence-electron chi connectivity index (χ1n) is 11.1. The first-order valence-corrected chi connectivity index (χ1v) is 11.1. The molecule has 158 valence electrons. The summed E-state index contributed by atoms with van der Waals surface area (Å²) in [5.41, 5.74) is 7.40. The minimum atomic E-state index is 0.273. The molecular weight excluding hydrogens is 380 g/mol. The van der Waals surface area contributed by atoms with Crippen molar-refractivity contribution in [2.45, 2.75) is 43.9 Å². The molecule has 3 saturated heterocycles. The molecule has 0 aromatic carbocycles. The molecule has 2 aromatic heterocycles. The Morgan fingerprint density at radius 1 is 1.00 bits per heavy atom. The molecular formula is C21H28N8O. The highest BCUT2D eigenvalue weighted by Crippen LogP contribution is 2.34.